The van der Waals surface area contributed by atoms with Crippen molar-refractivity contribution >= 4 is 25.2 Å². The molecule has 5 heteroatoms. The van der Waals surface area contributed by atoms with Crippen molar-refractivity contribution < 1.29 is 19.1 Å². The van der Waals surface area contributed by atoms with E-state index < -0.39 is 37.1 Å². The summed E-state index contributed by atoms with van der Waals surface area (Å²) in [6.45, 7) is 13.9. The fraction of sp³-hybridized carbons (Fsp3) is 0.579. The van der Waals surface area contributed by atoms with Gasteiger partial charge < -0.3 is 9.47 Å². The van der Waals surface area contributed by atoms with E-state index in [9.17, 15) is 9.59 Å². The van der Waals surface area contributed by atoms with Crippen LogP contribution in [0.15, 0.2) is 24.3 Å². The predicted molar refractivity (Wildman–Crippen MR) is 96.8 cm³/mol. The highest BCUT2D eigenvalue weighted by atomic mass is 28.3. The van der Waals surface area contributed by atoms with E-state index in [0.29, 0.717) is 6.42 Å². The van der Waals surface area contributed by atoms with E-state index in [0.717, 1.165) is 5.56 Å². The second-order valence-electron chi connectivity index (χ2n) is 8.27. The summed E-state index contributed by atoms with van der Waals surface area (Å²) in [6.07, 6.45) is 0.634. The first kappa shape index (κ1) is 18.7. The van der Waals surface area contributed by atoms with Crippen LogP contribution in [0, 0.1) is 5.92 Å². The average Bonchev–Trinajstić information content (AvgIpc) is 2.44. The van der Waals surface area contributed by atoms with E-state index in [1.54, 1.807) is 13.8 Å². The van der Waals surface area contributed by atoms with E-state index in [1.807, 2.05) is 26.0 Å². The molecule has 1 heterocycles. The van der Waals surface area contributed by atoms with Crippen LogP contribution in [0.3, 0.4) is 0 Å². The zero-order valence-corrected chi connectivity index (χ0v) is 16.7. The van der Waals surface area contributed by atoms with Crippen LogP contribution in [0.1, 0.15) is 39.7 Å². The molecule has 1 saturated heterocycles. The lowest BCUT2D eigenvalue weighted by atomic mass is 9.69. The summed E-state index contributed by atoms with van der Waals surface area (Å²) in [7, 11) is -1.39. The summed E-state index contributed by atoms with van der Waals surface area (Å²) in [5, 5.41) is 1.35. The number of esters is 2. The van der Waals surface area contributed by atoms with Gasteiger partial charge in [0.1, 0.15) is 0 Å². The Hall–Kier alpha value is -1.62. The zero-order chi connectivity index (χ0) is 18.3. The standard InChI is InChI=1S/C19H28O4Si/c1-8-19(4,13-9-11-14(12-10-13)24(5,6)7)15-16(20)22-18(2,3)23-17(15)21/h9-12,15H,8H2,1-7H3/t19-/m0/s1. The first-order valence-corrected chi connectivity index (χ1v) is 12.0. The van der Waals surface area contributed by atoms with E-state index in [4.69, 9.17) is 9.47 Å². The number of hydrogen-bond donors (Lipinski definition) is 0. The van der Waals surface area contributed by atoms with Crippen LogP contribution < -0.4 is 5.19 Å². The summed E-state index contributed by atoms with van der Waals surface area (Å²) in [5.74, 6) is -3.14. The quantitative estimate of drug-likeness (QED) is 0.476. The fourth-order valence-corrected chi connectivity index (χ4v) is 4.33. The molecule has 0 amide bonds. The third kappa shape index (κ3) is 3.41. The number of carbonyl (C=O) groups excluding carboxylic acids is 2. The van der Waals surface area contributed by atoms with Crippen molar-refractivity contribution in [2.75, 3.05) is 0 Å². The normalized spacial score (nSPS) is 21.0. The van der Waals surface area contributed by atoms with Gasteiger partial charge in [-0.1, -0.05) is 62.9 Å². The van der Waals surface area contributed by atoms with Gasteiger partial charge in [0.25, 0.3) is 5.79 Å². The maximum Gasteiger partial charge on any atom is 0.324 e. The molecule has 1 aromatic rings. The second-order valence-corrected chi connectivity index (χ2v) is 13.4. The van der Waals surface area contributed by atoms with Crippen molar-refractivity contribution in [3.63, 3.8) is 0 Å². The molecule has 1 aliphatic rings. The Bertz CT molecular complexity index is 622. The van der Waals surface area contributed by atoms with Gasteiger partial charge in [-0.25, -0.2) is 0 Å². The molecule has 1 fully saturated rings. The lowest BCUT2D eigenvalue weighted by Gasteiger charge is -2.41. The highest BCUT2D eigenvalue weighted by molar-refractivity contribution is 6.88. The SMILES string of the molecule is CC[C@@](C)(c1ccc([Si](C)(C)C)cc1)C1C(=O)OC(C)(C)OC1=O. The molecule has 0 N–H and O–H groups in total. The van der Waals surface area contributed by atoms with Crippen LogP contribution in [0.5, 0.6) is 0 Å². The summed E-state index contributed by atoms with van der Waals surface area (Å²) >= 11 is 0. The van der Waals surface area contributed by atoms with Crippen molar-refractivity contribution in [1.29, 1.82) is 0 Å². The molecule has 0 radical (unpaired) electrons. The largest absolute Gasteiger partial charge is 0.422 e. The molecule has 132 valence electrons. The van der Waals surface area contributed by atoms with Crippen molar-refractivity contribution in [2.45, 2.75) is 65.0 Å². The highest BCUT2D eigenvalue weighted by Crippen LogP contribution is 2.40. The minimum atomic E-state index is -1.39. The third-order valence-electron chi connectivity index (χ3n) is 4.95. The number of cyclic esters (lactones) is 2. The number of hydrogen-bond acceptors (Lipinski definition) is 4. The Morgan fingerprint density at radius 1 is 1.04 bits per heavy atom. The molecule has 0 bridgehead atoms. The summed E-state index contributed by atoms with van der Waals surface area (Å²) in [4.78, 5) is 25.0. The van der Waals surface area contributed by atoms with Gasteiger partial charge in [-0.2, -0.15) is 0 Å². The molecular weight excluding hydrogens is 320 g/mol. The van der Waals surface area contributed by atoms with Gasteiger partial charge in [-0.05, 0) is 12.0 Å². The van der Waals surface area contributed by atoms with Crippen LogP contribution >= 0.6 is 0 Å². The zero-order valence-electron chi connectivity index (χ0n) is 15.7. The summed E-state index contributed by atoms with van der Waals surface area (Å²) in [5.41, 5.74) is 0.313. The van der Waals surface area contributed by atoms with Gasteiger partial charge in [0.05, 0.1) is 8.07 Å². The summed E-state index contributed by atoms with van der Waals surface area (Å²) < 4.78 is 10.7. The number of ether oxygens (including phenoxy) is 2. The maximum atomic E-state index is 12.5. The molecule has 0 spiro atoms. The first-order valence-electron chi connectivity index (χ1n) is 8.47. The lowest BCUT2D eigenvalue weighted by molar-refractivity contribution is -0.243. The number of carbonyl (C=O) groups is 2. The Balaban J connectivity index is 2.41. The topological polar surface area (TPSA) is 52.6 Å². The third-order valence-corrected chi connectivity index (χ3v) is 7.01. The van der Waals surface area contributed by atoms with Crippen LogP contribution in [0.2, 0.25) is 19.6 Å². The molecule has 0 aromatic heterocycles. The van der Waals surface area contributed by atoms with Gasteiger partial charge >= 0.3 is 11.9 Å². The van der Waals surface area contributed by atoms with Gasteiger partial charge in [0.2, 0.25) is 0 Å². The Morgan fingerprint density at radius 3 is 1.88 bits per heavy atom. The number of benzene rings is 1. The molecule has 0 unspecified atom stereocenters. The van der Waals surface area contributed by atoms with Crippen molar-refractivity contribution in [3.05, 3.63) is 29.8 Å². The monoisotopic (exact) mass is 348 g/mol. The average molecular weight is 349 g/mol. The highest BCUT2D eigenvalue weighted by Gasteiger charge is 2.52. The minimum absolute atomic E-state index is 0.505. The second kappa shape index (κ2) is 6.03. The van der Waals surface area contributed by atoms with Gasteiger partial charge in [0.15, 0.2) is 5.92 Å². The van der Waals surface area contributed by atoms with Crippen LogP contribution in [-0.2, 0) is 24.5 Å². The number of rotatable bonds is 4. The van der Waals surface area contributed by atoms with Gasteiger partial charge in [-0.15, -0.1) is 0 Å². The molecule has 4 nitrogen and oxygen atoms in total. The Morgan fingerprint density at radius 2 is 1.50 bits per heavy atom. The van der Waals surface area contributed by atoms with Gasteiger partial charge in [0, 0.05) is 19.3 Å². The molecular formula is C19H28O4Si. The first-order chi connectivity index (χ1) is 10.9. The molecule has 1 aliphatic heterocycles. The van der Waals surface area contributed by atoms with Gasteiger partial charge in [-0.3, -0.25) is 9.59 Å². The molecule has 2 rings (SSSR count). The van der Waals surface area contributed by atoms with Crippen LogP contribution in [0.4, 0.5) is 0 Å². The molecule has 1 aromatic carbocycles. The molecule has 1 atom stereocenters. The molecule has 0 saturated carbocycles. The lowest BCUT2D eigenvalue weighted by Crippen LogP contribution is -2.53. The predicted octanol–water partition coefficient (Wildman–Crippen LogP) is 3.35. The maximum absolute atomic E-state index is 12.5. The van der Waals surface area contributed by atoms with Crippen molar-refractivity contribution in [3.8, 4) is 0 Å². The molecule has 24 heavy (non-hydrogen) atoms. The van der Waals surface area contributed by atoms with Crippen LogP contribution in [-0.4, -0.2) is 25.8 Å². The van der Waals surface area contributed by atoms with Crippen LogP contribution in [0.25, 0.3) is 0 Å². The van der Waals surface area contributed by atoms with E-state index in [1.165, 1.54) is 5.19 Å². The smallest absolute Gasteiger partial charge is 0.324 e. The Labute approximate surface area is 145 Å². The summed E-state index contributed by atoms with van der Waals surface area (Å²) in [6, 6.07) is 8.33. The van der Waals surface area contributed by atoms with E-state index >= 15 is 0 Å². The fourth-order valence-electron chi connectivity index (χ4n) is 3.17. The minimum Gasteiger partial charge on any atom is -0.422 e. The Kier molecular flexibility index (Phi) is 4.70. The molecule has 0 aliphatic carbocycles. The van der Waals surface area contributed by atoms with E-state index in [2.05, 4.69) is 31.8 Å². The van der Waals surface area contributed by atoms with E-state index in [-0.39, 0.29) is 0 Å². The van der Waals surface area contributed by atoms with Crippen molar-refractivity contribution in [1.82, 2.24) is 0 Å². The van der Waals surface area contributed by atoms with Crippen molar-refractivity contribution in [2.24, 2.45) is 5.92 Å².